The van der Waals surface area contributed by atoms with E-state index in [1.165, 1.54) is 11.8 Å². The third kappa shape index (κ3) is 7.33. The van der Waals surface area contributed by atoms with Crippen molar-refractivity contribution in [3.63, 3.8) is 0 Å². The topological polar surface area (TPSA) is 93.4 Å². The van der Waals surface area contributed by atoms with E-state index < -0.39 is 23.6 Å². The van der Waals surface area contributed by atoms with Gasteiger partial charge in [-0.2, -0.15) is 11.8 Å². The summed E-state index contributed by atoms with van der Waals surface area (Å²) >= 11 is 1.53. The summed E-state index contributed by atoms with van der Waals surface area (Å²) in [5.41, 5.74) is 2.59. The Morgan fingerprint density at radius 2 is 1.91 bits per heavy atom. The van der Waals surface area contributed by atoms with E-state index >= 15 is 0 Å². The molecule has 0 saturated carbocycles. The SMILES string of the molecule is CC(C)(C)OC(=O)N[C@@H](CSCc1ccccc1)C(=O)NN. The minimum absolute atomic E-state index is 0.400. The summed E-state index contributed by atoms with van der Waals surface area (Å²) in [6.45, 7) is 5.28. The summed E-state index contributed by atoms with van der Waals surface area (Å²) in [6.07, 6.45) is -0.638. The van der Waals surface area contributed by atoms with Crippen LogP contribution in [0.2, 0.25) is 0 Å². The van der Waals surface area contributed by atoms with E-state index in [2.05, 4.69) is 10.7 Å². The zero-order chi connectivity index (χ0) is 16.6. The van der Waals surface area contributed by atoms with Gasteiger partial charge in [-0.3, -0.25) is 10.2 Å². The molecule has 0 aliphatic carbocycles. The van der Waals surface area contributed by atoms with Crippen LogP contribution in [-0.4, -0.2) is 29.4 Å². The van der Waals surface area contributed by atoms with Gasteiger partial charge in [0.05, 0.1) is 0 Å². The smallest absolute Gasteiger partial charge is 0.408 e. The Bertz CT molecular complexity index is 489. The van der Waals surface area contributed by atoms with Crippen LogP contribution in [0.25, 0.3) is 0 Å². The highest BCUT2D eigenvalue weighted by Gasteiger charge is 2.23. The van der Waals surface area contributed by atoms with E-state index in [9.17, 15) is 9.59 Å². The van der Waals surface area contributed by atoms with Crippen molar-refractivity contribution in [2.45, 2.75) is 38.2 Å². The molecule has 0 fully saturated rings. The first kappa shape index (κ1) is 18.3. The van der Waals surface area contributed by atoms with Gasteiger partial charge in [-0.25, -0.2) is 10.6 Å². The molecule has 0 aliphatic rings. The van der Waals surface area contributed by atoms with Crippen molar-refractivity contribution in [2.24, 2.45) is 5.84 Å². The fourth-order valence-corrected chi connectivity index (χ4v) is 2.62. The van der Waals surface area contributed by atoms with E-state index in [4.69, 9.17) is 10.6 Å². The van der Waals surface area contributed by atoms with Crippen LogP contribution in [0.5, 0.6) is 0 Å². The minimum Gasteiger partial charge on any atom is -0.444 e. The molecule has 7 heteroatoms. The Morgan fingerprint density at radius 3 is 2.45 bits per heavy atom. The molecule has 0 heterocycles. The van der Waals surface area contributed by atoms with Crippen molar-refractivity contribution in [2.75, 3.05) is 5.75 Å². The highest BCUT2D eigenvalue weighted by atomic mass is 32.2. The second-order valence-electron chi connectivity index (χ2n) is 5.71. The molecule has 1 aromatic carbocycles. The molecule has 0 unspecified atom stereocenters. The maximum absolute atomic E-state index is 11.8. The lowest BCUT2D eigenvalue weighted by molar-refractivity contribution is -0.122. The van der Waals surface area contributed by atoms with Crippen molar-refractivity contribution in [1.29, 1.82) is 0 Å². The third-order valence-corrected chi connectivity index (χ3v) is 3.65. The van der Waals surface area contributed by atoms with Gasteiger partial charge < -0.3 is 10.1 Å². The first-order valence-corrected chi connectivity index (χ1v) is 8.09. The number of amides is 2. The summed E-state index contributed by atoms with van der Waals surface area (Å²) in [5.74, 6) is 5.85. The fraction of sp³-hybridized carbons (Fsp3) is 0.467. The number of benzene rings is 1. The minimum atomic E-state index is -0.742. The Balaban J connectivity index is 2.50. The summed E-state index contributed by atoms with van der Waals surface area (Å²) < 4.78 is 5.15. The van der Waals surface area contributed by atoms with E-state index in [0.717, 1.165) is 11.3 Å². The van der Waals surface area contributed by atoms with Crippen molar-refractivity contribution in [1.82, 2.24) is 10.7 Å². The number of carbonyl (C=O) groups is 2. The van der Waals surface area contributed by atoms with Gasteiger partial charge in [-0.15, -0.1) is 0 Å². The molecular weight excluding hydrogens is 302 g/mol. The number of hydrogen-bond acceptors (Lipinski definition) is 5. The van der Waals surface area contributed by atoms with Crippen LogP contribution >= 0.6 is 11.8 Å². The summed E-state index contributed by atoms with van der Waals surface area (Å²) in [5, 5.41) is 2.54. The summed E-state index contributed by atoms with van der Waals surface area (Å²) in [6, 6.07) is 9.13. The van der Waals surface area contributed by atoms with Crippen LogP contribution in [0.1, 0.15) is 26.3 Å². The number of carbonyl (C=O) groups excluding carboxylic acids is 2. The van der Waals surface area contributed by atoms with Crippen LogP contribution in [0.3, 0.4) is 0 Å². The number of alkyl carbamates (subject to hydrolysis) is 1. The standard InChI is InChI=1S/C15H23N3O3S/c1-15(2,3)21-14(20)17-12(13(19)18-16)10-22-9-11-7-5-4-6-8-11/h4-8,12H,9-10,16H2,1-3H3,(H,17,20)(H,18,19)/t12-/m0/s1. The lowest BCUT2D eigenvalue weighted by Crippen LogP contribution is -2.51. The molecule has 0 saturated heterocycles. The maximum Gasteiger partial charge on any atom is 0.408 e. The fourth-order valence-electron chi connectivity index (χ4n) is 1.60. The summed E-state index contributed by atoms with van der Waals surface area (Å²) in [4.78, 5) is 23.5. The number of hydrazine groups is 1. The largest absolute Gasteiger partial charge is 0.444 e. The molecule has 1 atom stereocenters. The predicted molar refractivity (Wildman–Crippen MR) is 88.1 cm³/mol. The van der Waals surface area contributed by atoms with E-state index in [1.807, 2.05) is 30.3 Å². The van der Waals surface area contributed by atoms with Gasteiger partial charge in [-0.05, 0) is 26.3 Å². The zero-order valence-corrected chi connectivity index (χ0v) is 13.9. The Kier molecular flexibility index (Phi) is 7.20. The van der Waals surface area contributed by atoms with Gasteiger partial charge in [0.15, 0.2) is 0 Å². The number of ether oxygens (including phenoxy) is 1. The zero-order valence-electron chi connectivity index (χ0n) is 13.1. The van der Waals surface area contributed by atoms with Gasteiger partial charge in [0.1, 0.15) is 11.6 Å². The highest BCUT2D eigenvalue weighted by Crippen LogP contribution is 2.13. The van der Waals surface area contributed by atoms with Gasteiger partial charge in [-0.1, -0.05) is 30.3 Å². The van der Waals surface area contributed by atoms with E-state index in [-0.39, 0.29) is 0 Å². The number of rotatable bonds is 6. The molecule has 0 radical (unpaired) electrons. The molecule has 4 N–H and O–H groups in total. The maximum atomic E-state index is 11.8. The highest BCUT2D eigenvalue weighted by molar-refractivity contribution is 7.98. The first-order valence-electron chi connectivity index (χ1n) is 6.93. The van der Waals surface area contributed by atoms with Crippen molar-refractivity contribution in [3.05, 3.63) is 35.9 Å². The first-order chi connectivity index (χ1) is 10.3. The molecule has 2 amide bonds. The molecule has 0 spiro atoms. The molecule has 122 valence electrons. The normalized spacial score (nSPS) is 12.4. The quantitative estimate of drug-likeness (QED) is 0.421. The second kappa shape index (κ2) is 8.65. The number of thioether (sulfide) groups is 1. The lowest BCUT2D eigenvalue weighted by Gasteiger charge is -2.22. The van der Waals surface area contributed by atoms with Crippen molar-refractivity contribution < 1.29 is 14.3 Å². The van der Waals surface area contributed by atoms with Crippen LogP contribution in [0.15, 0.2) is 30.3 Å². The molecule has 0 aliphatic heterocycles. The Labute approximate surface area is 135 Å². The van der Waals surface area contributed by atoms with E-state index in [1.54, 1.807) is 20.8 Å². The monoisotopic (exact) mass is 325 g/mol. The summed E-state index contributed by atoms with van der Waals surface area (Å²) in [7, 11) is 0. The number of nitrogens with one attached hydrogen (secondary N) is 2. The van der Waals surface area contributed by atoms with Crippen LogP contribution in [0.4, 0.5) is 4.79 Å². The lowest BCUT2D eigenvalue weighted by atomic mass is 10.2. The molecule has 1 rings (SSSR count). The molecule has 22 heavy (non-hydrogen) atoms. The average Bonchev–Trinajstić information content (AvgIpc) is 2.44. The van der Waals surface area contributed by atoms with Gasteiger partial charge in [0.25, 0.3) is 5.91 Å². The predicted octanol–water partition coefficient (Wildman–Crippen LogP) is 1.80. The Hall–Kier alpha value is -1.73. The second-order valence-corrected chi connectivity index (χ2v) is 6.74. The molecular formula is C15H23N3O3S. The Morgan fingerprint density at radius 1 is 1.27 bits per heavy atom. The average molecular weight is 325 g/mol. The third-order valence-electron chi connectivity index (χ3n) is 2.55. The van der Waals surface area contributed by atoms with Crippen molar-refractivity contribution in [3.8, 4) is 0 Å². The van der Waals surface area contributed by atoms with Crippen LogP contribution in [-0.2, 0) is 15.3 Å². The number of nitrogens with two attached hydrogens (primary N) is 1. The van der Waals surface area contributed by atoms with Gasteiger partial charge >= 0.3 is 6.09 Å². The van der Waals surface area contributed by atoms with Crippen LogP contribution < -0.4 is 16.6 Å². The molecule has 0 aromatic heterocycles. The van der Waals surface area contributed by atoms with Crippen LogP contribution in [0, 0.1) is 0 Å². The molecule has 1 aromatic rings. The molecule has 0 bridgehead atoms. The van der Waals surface area contributed by atoms with Gasteiger partial charge in [0.2, 0.25) is 0 Å². The van der Waals surface area contributed by atoms with Gasteiger partial charge in [0, 0.05) is 11.5 Å². The number of hydrogen-bond donors (Lipinski definition) is 3. The molecule has 6 nitrogen and oxygen atoms in total. The van der Waals surface area contributed by atoms with Crippen molar-refractivity contribution >= 4 is 23.8 Å². The van der Waals surface area contributed by atoms with E-state index in [0.29, 0.717) is 5.75 Å².